The molecule has 0 N–H and O–H groups in total. The number of hydrogen-bond donors (Lipinski definition) is 0. The molecule has 2 aliphatic carbocycles. The van der Waals surface area contributed by atoms with E-state index in [-0.39, 0.29) is 23.9 Å². The molecular formula is C56H50N4. The van der Waals surface area contributed by atoms with Gasteiger partial charge in [-0.05, 0) is 109 Å². The predicted octanol–water partition coefficient (Wildman–Crippen LogP) is 14.6. The van der Waals surface area contributed by atoms with Gasteiger partial charge in [0.1, 0.15) is 0 Å². The maximum Gasteiger partial charge on any atom is 0.0586 e. The number of anilines is 8. The minimum Gasteiger partial charge on any atom is -0.334 e. The van der Waals surface area contributed by atoms with E-state index >= 15 is 0 Å². The third kappa shape index (κ3) is 8.05. The zero-order valence-electron chi connectivity index (χ0n) is 34.2. The molecule has 0 radical (unpaired) electrons. The van der Waals surface area contributed by atoms with Crippen LogP contribution in [0.25, 0.3) is 0 Å². The molecule has 7 aromatic rings. The standard InChI is InChI=1S/C56H50N4/c1-43-41-53(58(47-25-13-5-14-26-47)48-27-15-6-16-28-48)37-39-56(43)60(52-35-33-51(34-36-52)57(45-21-9-3-10-22-45)46-23-11-4-12-24-46)54-38-40-55(44(2)42-54)59(49-29-17-7-18-30-49)50-31-19-8-20-32-50/h3-44,55-56H,1-2H3. The second-order valence-electron chi connectivity index (χ2n) is 15.5. The molecule has 4 heteroatoms. The Labute approximate surface area is 355 Å². The molecule has 4 atom stereocenters. The molecule has 0 saturated carbocycles. The molecule has 0 amide bonds. The monoisotopic (exact) mass is 778 g/mol. The molecule has 294 valence electrons. The van der Waals surface area contributed by atoms with E-state index in [0.29, 0.717) is 0 Å². The molecule has 4 nitrogen and oxygen atoms in total. The maximum absolute atomic E-state index is 2.54. The summed E-state index contributed by atoms with van der Waals surface area (Å²) in [6.45, 7) is 4.70. The van der Waals surface area contributed by atoms with Crippen LogP contribution in [-0.4, -0.2) is 12.1 Å². The summed E-state index contributed by atoms with van der Waals surface area (Å²) >= 11 is 0. The predicted molar refractivity (Wildman–Crippen MR) is 254 cm³/mol. The topological polar surface area (TPSA) is 13.0 Å². The van der Waals surface area contributed by atoms with Crippen molar-refractivity contribution in [2.45, 2.75) is 25.9 Å². The molecule has 0 spiro atoms. The molecule has 0 bridgehead atoms. The minimum absolute atomic E-state index is 0.0614. The van der Waals surface area contributed by atoms with Crippen LogP contribution < -0.4 is 19.6 Å². The Bertz CT molecular complexity index is 2450. The number of rotatable bonds is 12. The van der Waals surface area contributed by atoms with Crippen molar-refractivity contribution in [1.82, 2.24) is 0 Å². The van der Waals surface area contributed by atoms with Crippen LogP contribution in [0.2, 0.25) is 0 Å². The van der Waals surface area contributed by atoms with Crippen LogP contribution in [0.4, 0.5) is 45.5 Å². The van der Waals surface area contributed by atoms with Gasteiger partial charge in [-0.15, -0.1) is 0 Å². The van der Waals surface area contributed by atoms with Crippen LogP contribution in [0.15, 0.2) is 254 Å². The van der Waals surface area contributed by atoms with Crippen LogP contribution in [0.5, 0.6) is 0 Å². The van der Waals surface area contributed by atoms with E-state index in [2.05, 4.69) is 276 Å². The Kier molecular flexibility index (Phi) is 11.3. The van der Waals surface area contributed by atoms with Crippen LogP contribution in [0.1, 0.15) is 13.8 Å². The van der Waals surface area contributed by atoms with E-state index < -0.39 is 0 Å². The first kappa shape index (κ1) is 38.2. The van der Waals surface area contributed by atoms with Gasteiger partial charge in [-0.1, -0.05) is 147 Å². The van der Waals surface area contributed by atoms with Crippen LogP contribution >= 0.6 is 0 Å². The molecule has 2 aliphatic rings. The normalized spacial score (nSPS) is 18.2. The summed E-state index contributed by atoms with van der Waals surface area (Å²) < 4.78 is 0. The van der Waals surface area contributed by atoms with E-state index in [0.717, 1.165) is 39.8 Å². The van der Waals surface area contributed by atoms with E-state index in [1.807, 2.05) is 0 Å². The Hall–Kier alpha value is -7.30. The van der Waals surface area contributed by atoms with E-state index in [1.54, 1.807) is 0 Å². The summed E-state index contributed by atoms with van der Waals surface area (Å²) in [5.41, 5.74) is 11.5. The second kappa shape index (κ2) is 17.7. The van der Waals surface area contributed by atoms with Gasteiger partial charge in [0.05, 0.1) is 12.1 Å². The smallest absolute Gasteiger partial charge is 0.0586 e. The molecule has 0 saturated heterocycles. The van der Waals surface area contributed by atoms with Crippen molar-refractivity contribution in [2.24, 2.45) is 11.8 Å². The van der Waals surface area contributed by atoms with Crippen molar-refractivity contribution in [1.29, 1.82) is 0 Å². The quantitative estimate of drug-likeness (QED) is 0.122. The zero-order valence-corrected chi connectivity index (χ0v) is 34.2. The van der Waals surface area contributed by atoms with E-state index in [9.17, 15) is 0 Å². The van der Waals surface area contributed by atoms with Crippen LogP contribution in [-0.2, 0) is 0 Å². The lowest BCUT2D eigenvalue weighted by Gasteiger charge is -2.42. The lowest BCUT2D eigenvalue weighted by molar-refractivity contribution is 0.570. The molecule has 0 fully saturated rings. The van der Waals surface area contributed by atoms with Crippen molar-refractivity contribution < 1.29 is 0 Å². The Balaban J connectivity index is 1.10. The fraction of sp³-hybridized carbons (Fsp3) is 0.107. The largest absolute Gasteiger partial charge is 0.334 e. The van der Waals surface area contributed by atoms with Crippen molar-refractivity contribution in [2.75, 3.05) is 19.6 Å². The highest BCUT2D eigenvalue weighted by Gasteiger charge is 2.32. The first-order valence-corrected chi connectivity index (χ1v) is 21.0. The van der Waals surface area contributed by atoms with Gasteiger partial charge in [0.2, 0.25) is 0 Å². The number of benzene rings is 7. The average molecular weight is 779 g/mol. The fourth-order valence-corrected chi connectivity index (χ4v) is 8.67. The summed E-state index contributed by atoms with van der Waals surface area (Å²) in [4.78, 5) is 9.69. The summed E-state index contributed by atoms with van der Waals surface area (Å²) in [7, 11) is 0. The summed E-state index contributed by atoms with van der Waals surface area (Å²) in [5.74, 6) is 0.386. The third-order valence-electron chi connectivity index (χ3n) is 11.5. The molecule has 0 aromatic heterocycles. The van der Waals surface area contributed by atoms with Gasteiger partial charge in [0.25, 0.3) is 0 Å². The molecule has 0 aliphatic heterocycles. The zero-order chi connectivity index (χ0) is 40.7. The Morgan fingerprint density at radius 1 is 0.283 bits per heavy atom. The fourth-order valence-electron chi connectivity index (χ4n) is 8.67. The molecule has 9 rings (SSSR count). The minimum atomic E-state index is 0.0614. The second-order valence-corrected chi connectivity index (χ2v) is 15.5. The third-order valence-corrected chi connectivity index (χ3v) is 11.5. The number of nitrogens with zero attached hydrogens (tertiary/aromatic N) is 4. The molecule has 60 heavy (non-hydrogen) atoms. The number of para-hydroxylation sites is 6. The van der Waals surface area contributed by atoms with Crippen LogP contribution in [0.3, 0.4) is 0 Å². The van der Waals surface area contributed by atoms with Gasteiger partial charge in [0, 0.05) is 68.7 Å². The highest BCUT2D eigenvalue weighted by Crippen LogP contribution is 2.41. The van der Waals surface area contributed by atoms with Crippen molar-refractivity contribution in [3.63, 3.8) is 0 Å². The van der Waals surface area contributed by atoms with E-state index in [4.69, 9.17) is 0 Å². The average Bonchev–Trinajstić information content (AvgIpc) is 3.31. The molecular weight excluding hydrogens is 729 g/mol. The lowest BCUT2D eigenvalue weighted by Crippen LogP contribution is -2.41. The summed E-state index contributed by atoms with van der Waals surface area (Å²) in [6, 6.07) is 73.4. The van der Waals surface area contributed by atoms with Gasteiger partial charge < -0.3 is 19.6 Å². The Morgan fingerprint density at radius 3 is 0.967 bits per heavy atom. The summed E-state index contributed by atoms with van der Waals surface area (Å²) in [5, 5.41) is 0. The maximum atomic E-state index is 2.54. The molecule has 0 heterocycles. The SMILES string of the molecule is CC1C=C(N(c2ccccc2)c2ccccc2)C=CC1N(C1=CC(C)C(N(c2ccccc2)c2ccccc2)C=C1)c1ccc(N(c2ccccc2)c2ccccc2)cc1. The van der Waals surface area contributed by atoms with Crippen molar-refractivity contribution in [3.8, 4) is 0 Å². The first-order valence-electron chi connectivity index (χ1n) is 21.0. The highest BCUT2D eigenvalue weighted by atomic mass is 15.2. The van der Waals surface area contributed by atoms with Gasteiger partial charge in [0.15, 0.2) is 0 Å². The molecule has 7 aromatic carbocycles. The van der Waals surface area contributed by atoms with E-state index in [1.165, 1.54) is 17.1 Å². The van der Waals surface area contributed by atoms with Gasteiger partial charge in [-0.25, -0.2) is 0 Å². The highest BCUT2D eigenvalue weighted by molar-refractivity contribution is 5.78. The van der Waals surface area contributed by atoms with Crippen LogP contribution in [0, 0.1) is 11.8 Å². The Morgan fingerprint density at radius 2 is 0.567 bits per heavy atom. The number of hydrogen-bond acceptors (Lipinski definition) is 4. The van der Waals surface area contributed by atoms with Crippen molar-refractivity contribution >= 4 is 45.5 Å². The lowest BCUT2D eigenvalue weighted by atomic mass is 9.89. The van der Waals surface area contributed by atoms with Gasteiger partial charge in [-0.2, -0.15) is 0 Å². The van der Waals surface area contributed by atoms with Gasteiger partial charge >= 0.3 is 0 Å². The van der Waals surface area contributed by atoms with Gasteiger partial charge in [-0.3, -0.25) is 0 Å². The summed E-state index contributed by atoms with van der Waals surface area (Å²) in [6.07, 6.45) is 14.4. The number of allylic oxidation sites excluding steroid dienone is 2. The molecule has 4 unspecified atom stereocenters. The first-order chi connectivity index (χ1) is 29.6. The van der Waals surface area contributed by atoms with Crippen molar-refractivity contribution in [3.05, 3.63) is 254 Å².